The Kier molecular flexibility index (Phi) is 4.73. The Hall–Kier alpha value is -1.10. The molecule has 0 N–H and O–H groups in total. The average Bonchev–Trinajstić information content (AvgIpc) is 2.28. The van der Waals surface area contributed by atoms with E-state index in [1.165, 1.54) is 0 Å². The van der Waals surface area contributed by atoms with Gasteiger partial charge >= 0.3 is 11.9 Å². The Morgan fingerprint density at radius 3 is 2.31 bits per heavy atom. The molecule has 92 valence electrons. The van der Waals surface area contributed by atoms with Crippen molar-refractivity contribution in [2.24, 2.45) is 0 Å². The van der Waals surface area contributed by atoms with Gasteiger partial charge in [0.25, 0.3) is 0 Å². The van der Waals surface area contributed by atoms with Crippen LogP contribution in [0.3, 0.4) is 0 Å². The summed E-state index contributed by atoms with van der Waals surface area (Å²) in [7, 11) is 4.07. The van der Waals surface area contributed by atoms with Crippen LogP contribution in [0.25, 0.3) is 0 Å². The molecule has 1 heterocycles. The van der Waals surface area contributed by atoms with Crippen molar-refractivity contribution in [1.29, 1.82) is 0 Å². The first kappa shape index (κ1) is 13.0. The number of amides is 1. The molecule has 0 aliphatic carbocycles. The van der Waals surface area contributed by atoms with Crippen molar-refractivity contribution in [3.63, 3.8) is 0 Å². The van der Waals surface area contributed by atoms with Gasteiger partial charge in [-0.2, -0.15) is 0 Å². The van der Waals surface area contributed by atoms with Crippen molar-refractivity contribution in [2.45, 2.75) is 25.8 Å². The lowest BCUT2D eigenvalue weighted by molar-refractivity contribution is -0.160. The molecular weight excluding hydrogens is 208 g/mol. The zero-order chi connectivity index (χ0) is 12.1. The molecule has 0 aromatic carbocycles. The Bertz CT molecular complexity index is 258. The van der Waals surface area contributed by atoms with E-state index in [-0.39, 0.29) is 6.61 Å². The van der Waals surface area contributed by atoms with Crippen molar-refractivity contribution < 1.29 is 14.3 Å². The summed E-state index contributed by atoms with van der Waals surface area (Å²) in [4.78, 5) is 26.6. The molecule has 0 aromatic rings. The van der Waals surface area contributed by atoms with E-state index in [4.69, 9.17) is 4.74 Å². The van der Waals surface area contributed by atoms with Crippen LogP contribution in [-0.2, 0) is 14.3 Å². The first-order valence-electron chi connectivity index (χ1n) is 5.68. The number of piperidine rings is 1. The summed E-state index contributed by atoms with van der Waals surface area (Å²) in [6.45, 7) is 3.23. The second-order valence-corrected chi connectivity index (χ2v) is 4.21. The topological polar surface area (TPSA) is 49.9 Å². The van der Waals surface area contributed by atoms with Crippen LogP contribution < -0.4 is 0 Å². The molecule has 0 unspecified atom stereocenters. The van der Waals surface area contributed by atoms with Crippen molar-refractivity contribution in [1.82, 2.24) is 9.80 Å². The maximum atomic E-state index is 11.6. The van der Waals surface area contributed by atoms with E-state index in [1.54, 1.807) is 11.8 Å². The predicted octanol–water partition coefficient (Wildman–Crippen LogP) is 0.102. The van der Waals surface area contributed by atoms with Crippen LogP contribution in [0.1, 0.15) is 19.8 Å². The molecule has 0 saturated carbocycles. The molecule has 1 amide bonds. The van der Waals surface area contributed by atoms with Gasteiger partial charge in [0, 0.05) is 19.1 Å². The number of hydrogen-bond acceptors (Lipinski definition) is 4. The molecule has 5 heteroatoms. The summed E-state index contributed by atoms with van der Waals surface area (Å²) in [5.41, 5.74) is 0. The van der Waals surface area contributed by atoms with Gasteiger partial charge in [-0.3, -0.25) is 4.79 Å². The van der Waals surface area contributed by atoms with Crippen LogP contribution in [0.15, 0.2) is 0 Å². The summed E-state index contributed by atoms with van der Waals surface area (Å²) in [6.07, 6.45) is 1.83. The van der Waals surface area contributed by atoms with E-state index in [1.807, 2.05) is 14.1 Å². The first-order valence-corrected chi connectivity index (χ1v) is 5.68. The fourth-order valence-electron chi connectivity index (χ4n) is 1.91. The van der Waals surface area contributed by atoms with Gasteiger partial charge in [-0.25, -0.2) is 4.79 Å². The van der Waals surface area contributed by atoms with Crippen molar-refractivity contribution in [2.75, 3.05) is 33.8 Å². The standard InChI is InChI=1S/C11H20N2O3/c1-4-16-11(15)10(14)13-7-5-9(6-8-13)12(2)3/h9H,4-8H2,1-3H3. The minimum atomic E-state index is -0.731. The molecule has 1 fully saturated rings. The van der Waals surface area contributed by atoms with E-state index in [2.05, 4.69) is 4.90 Å². The molecule has 1 rings (SSSR count). The smallest absolute Gasteiger partial charge is 0.397 e. The minimum Gasteiger partial charge on any atom is -0.459 e. The number of esters is 1. The average molecular weight is 228 g/mol. The highest BCUT2D eigenvalue weighted by atomic mass is 16.5. The summed E-state index contributed by atoms with van der Waals surface area (Å²) < 4.78 is 4.69. The Morgan fingerprint density at radius 2 is 1.88 bits per heavy atom. The molecule has 5 nitrogen and oxygen atoms in total. The zero-order valence-corrected chi connectivity index (χ0v) is 10.2. The SMILES string of the molecule is CCOC(=O)C(=O)N1CCC(N(C)C)CC1. The maximum Gasteiger partial charge on any atom is 0.397 e. The third-order valence-electron chi connectivity index (χ3n) is 2.93. The van der Waals surface area contributed by atoms with E-state index < -0.39 is 11.9 Å². The monoisotopic (exact) mass is 228 g/mol. The Morgan fingerprint density at radius 1 is 1.31 bits per heavy atom. The number of carbonyl (C=O) groups excluding carboxylic acids is 2. The van der Waals surface area contributed by atoms with Crippen LogP contribution in [-0.4, -0.2) is 61.5 Å². The maximum absolute atomic E-state index is 11.6. The number of hydrogen-bond donors (Lipinski definition) is 0. The lowest BCUT2D eigenvalue weighted by Crippen LogP contribution is -2.47. The fraction of sp³-hybridized carbons (Fsp3) is 0.818. The molecular formula is C11H20N2O3. The molecule has 0 atom stereocenters. The molecule has 0 spiro atoms. The summed E-state index contributed by atoms with van der Waals surface area (Å²) in [6, 6.07) is 0.506. The first-order chi connectivity index (χ1) is 7.56. The highest BCUT2D eigenvalue weighted by Gasteiger charge is 2.28. The van der Waals surface area contributed by atoms with Gasteiger partial charge in [0.2, 0.25) is 0 Å². The fourth-order valence-corrected chi connectivity index (χ4v) is 1.91. The van der Waals surface area contributed by atoms with Crippen LogP contribution in [0.2, 0.25) is 0 Å². The highest BCUT2D eigenvalue weighted by molar-refractivity contribution is 6.32. The van der Waals surface area contributed by atoms with E-state index in [0.29, 0.717) is 19.1 Å². The normalized spacial score (nSPS) is 17.6. The minimum absolute atomic E-state index is 0.249. The van der Waals surface area contributed by atoms with Crippen molar-refractivity contribution >= 4 is 11.9 Å². The lowest BCUT2D eigenvalue weighted by atomic mass is 10.0. The van der Waals surface area contributed by atoms with E-state index in [0.717, 1.165) is 12.8 Å². The van der Waals surface area contributed by atoms with Crippen molar-refractivity contribution in [3.05, 3.63) is 0 Å². The quantitative estimate of drug-likeness (QED) is 0.497. The van der Waals surface area contributed by atoms with Gasteiger partial charge in [0.05, 0.1) is 6.61 Å². The number of rotatable bonds is 2. The molecule has 1 aliphatic rings. The summed E-state index contributed by atoms with van der Waals surface area (Å²) in [5, 5.41) is 0. The van der Waals surface area contributed by atoms with Gasteiger partial charge < -0.3 is 14.5 Å². The predicted molar refractivity (Wildman–Crippen MR) is 59.9 cm³/mol. The third-order valence-corrected chi connectivity index (χ3v) is 2.93. The highest BCUT2D eigenvalue weighted by Crippen LogP contribution is 2.14. The Balaban J connectivity index is 2.41. The molecule has 16 heavy (non-hydrogen) atoms. The second kappa shape index (κ2) is 5.84. The summed E-state index contributed by atoms with van der Waals surface area (Å²) in [5.74, 6) is -1.23. The Labute approximate surface area is 96.3 Å². The molecule has 0 aromatic heterocycles. The van der Waals surface area contributed by atoms with Gasteiger partial charge in [-0.1, -0.05) is 0 Å². The van der Waals surface area contributed by atoms with Gasteiger partial charge in [-0.15, -0.1) is 0 Å². The second-order valence-electron chi connectivity index (χ2n) is 4.21. The summed E-state index contributed by atoms with van der Waals surface area (Å²) >= 11 is 0. The lowest BCUT2D eigenvalue weighted by Gasteiger charge is -2.34. The van der Waals surface area contributed by atoms with Gasteiger partial charge in [0.15, 0.2) is 0 Å². The van der Waals surface area contributed by atoms with Crippen LogP contribution in [0, 0.1) is 0 Å². The molecule has 1 aliphatic heterocycles. The van der Waals surface area contributed by atoms with Crippen molar-refractivity contribution in [3.8, 4) is 0 Å². The number of nitrogens with zero attached hydrogens (tertiary/aromatic N) is 2. The number of likely N-dealkylation sites (tertiary alicyclic amines) is 1. The molecule has 0 bridgehead atoms. The van der Waals surface area contributed by atoms with Gasteiger partial charge in [-0.05, 0) is 33.9 Å². The van der Waals surface area contributed by atoms with E-state index in [9.17, 15) is 9.59 Å². The molecule has 1 saturated heterocycles. The van der Waals surface area contributed by atoms with Crippen LogP contribution >= 0.6 is 0 Å². The van der Waals surface area contributed by atoms with Gasteiger partial charge in [0.1, 0.15) is 0 Å². The number of ether oxygens (including phenoxy) is 1. The van der Waals surface area contributed by atoms with Crippen LogP contribution in [0.5, 0.6) is 0 Å². The molecule has 0 radical (unpaired) electrons. The van der Waals surface area contributed by atoms with Crippen LogP contribution in [0.4, 0.5) is 0 Å². The zero-order valence-electron chi connectivity index (χ0n) is 10.2. The largest absolute Gasteiger partial charge is 0.459 e. The number of carbonyl (C=O) groups is 2. The third kappa shape index (κ3) is 3.20. The van der Waals surface area contributed by atoms with E-state index >= 15 is 0 Å².